The average Bonchev–Trinajstić information content (AvgIpc) is 2.71. The molecule has 0 spiro atoms. The maximum absolute atomic E-state index is 10.9. The Morgan fingerprint density at radius 3 is 2.39 bits per heavy atom. The zero-order chi connectivity index (χ0) is 12.7. The van der Waals surface area contributed by atoms with Crippen LogP contribution in [0.15, 0.2) is 18.3 Å². The van der Waals surface area contributed by atoms with Gasteiger partial charge in [0.05, 0.1) is 0 Å². The SMILES string of the molecule is CCCCCCCCc1cccn1S(=O)(=O)[O-].[Na+]. The van der Waals surface area contributed by atoms with E-state index in [0.717, 1.165) is 16.8 Å². The Morgan fingerprint density at radius 1 is 1.17 bits per heavy atom. The van der Waals surface area contributed by atoms with E-state index in [-0.39, 0.29) is 29.6 Å². The summed E-state index contributed by atoms with van der Waals surface area (Å²) in [6.45, 7) is 2.17. The molecule has 1 aromatic heterocycles. The third-order valence-electron chi connectivity index (χ3n) is 2.82. The molecule has 0 saturated carbocycles. The molecule has 0 bridgehead atoms. The minimum atomic E-state index is -4.37. The van der Waals surface area contributed by atoms with Gasteiger partial charge in [-0.25, -0.2) is 8.42 Å². The van der Waals surface area contributed by atoms with E-state index in [2.05, 4.69) is 6.92 Å². The molecule has 0 unspecified atom stereocenters. The second-order valence-electron chi connectivity index (χ2n) is 4.27. The Kier molecular flexibility index (Phi) is 9.25. The van der Waals surface area contributed by atoms with Crippen molar-refractivity contribution in [3.8, 4) is 0 Å². The summed E-state index contributed by atoms with van der Waals surface area (Å²) in [5.41, 5.74) is 0.593. The molecule has 0 atom stereocenters. The van der Waals surface area contributed by atoms with Crippen molar-refractivity contribution in [2.45, 2.75) is 51.9 Å². The summed E-state index contributed by atoms with van der Waals surface area (Å²) in [6, 6.07) is 3.29. The van der Waals surface area contributed by atoms with E-state index in [1.807, 2.05) is 0 Å². The molecule has 0 N–H and O–H groups in total. The zero-order valence-corrected chi connectivity index (χ0v) is 14.1. The number of aryl methyl sites for hydroxylation is 1. The first-order valence-corrected chi connectivity index (χ1v) is 7.55. The standard InChI is InChI=1S/C12H21NO3S.Na/c1-2-3-4-5-6-7-9-12-10-8-11-13(12)17(14,15)16;/h8,10-11H,2-7,9H2,1H3,(H,14,15,16);/q;+1/p-1. The summed E-state index contributed by atoms with van der Waals surface area (Å²) in [5, 5.41) is 0. The van der Waals surface area contributed by atoms with Gasteiger partial charge >= 0.3 is 29.6 Å². The van der Waals surface area contributed by atoms with Crippen molar-refractivity contribution >= 4 is 10.3 Å². The van der Waals surface area contributed by atoms with Gasteiger partial charge in [-0.2, -0.15) is 0 Å². The van der Waals surface area contributed by atoms with Crippen LogP contribution in [0.5, 0.6) is 0 Å². The van der Waals surface area contributed by atoms with Gasteiger partial charge in [0.15, 0.2) is 10.3 Å². The van der Waals surface area contributed by atoms with E-state index in [9.17, 15) is 13.0 Å². The summed E-state index contributed by atoms with van der Waals surface area (Å²) in [6.07, 6.45) is 8.88. The van der Waals surface area contributed by atoms with Crippen LogP contribution in [-0.4, -0.2) is 16.9 Å². The van der Waals surface area contributed by atoms with E-state index >= 15 is 0 Å². The molecule has 18 heavy (non-hydrogen) atoms. The average molecular weight is 281 g/mol. The number of hydrogen-bond donors (Lipinski definition) is 0. The zero-order valence-electron chi connectivity index (χ0n) is 11.3. The molecule has 4 nitrogen and oxygen atoms in total. The van der Waals surface area contributed by atoms with Crippen molar-refractivity contribution in [1.29, 1.82) is 0 Å². The monoisotopic (exact) mass is 281 g/mol. The quantitative estimate of drug-likeness (QED) is 0.373. The molecule has 98 valence electrons. The fourth-order valence-electron chi connectivity index (χ4n) is 1.90. The van der Waals surface area contributed by atoms with Gasteiger partial charge in [0.1, 0.15) is 0 Å². The molecule has 0 aliphatic carbocycles. The number of hydrogen-bond acceptors (Lipinski definition) is 3. The molecule has 6 heteroatoms. The molecule has 0 amide bonds. The molecular formula is C12H20NNaO3S. The second-order valence-corrected chi connectivity index (χ2v) is 5.52. The fraction of sp³-hybridized carbons (Fsp3) is 0.667. The van der Waals surface area contributed by atoms with Crippen LogP contribution in [0.3, 0.4) is 0 Å². The third-order valence-corrected chi connectivity index (χ3v) is 3.66. The van der Waals surface area contributed by atoms with Crippen LogP contribution < -0.4 is 29.6 Å². The van der Waals surface area contributed by atoms with E-state index in [0.29, 0.717) is 12.1 Å². The van der Waals surface area contributed by atoms with Gasteiger partial charge in [-0.05, 0) is 25.0 Å². The van der Waals surface area contributed by atoms with Crippen LogP contribution in [0.2, 0.25) is 0 Å². The first-order valence-electron chi connectivity index (χ1n) is 6.18. The fourth-order valence-corrected chi connectivity index (χ4v) is 2.56. The van der Waals surface area contributed by atoms with Crippen molar-refractivity contribution in [2.24, 2.45) is 0 Å². The summed E-state index contributed by atoms with van der Waals surface area (Å²) in [5.74, 6) is 0. The number of unbranched alkanes of at least 4 members (excludes halogenated alkanes) is 5. The van der Waals surface area contributed by atoms with Gasteiger partial charge in [-0.3, -0.25) is 3.97 Å². The van der Waals surface area contributed by atoms with Crippen molar-refractivity contribution in [3.05, 3.63) is 24.0 Å². The first kappa shape index (κ1) is 18.2. The normalized spacial score (nSPS) is 11.2. The Morgan fingerprint density at radius 2 is 1.78 bits per heavy atom. The summed E-state index contributed by atoms with van der Waals surface area (Å²) in [4.78, 5) is 0. The van der Waals surface area contributed by atoms with Gasteiger partial charge in [0.25, 0.3) is 0 Å². The van der Waals surface area contributed by atoms with Gasteiger partial charge in [-0.15, -0.1) is 0 Å². The van der Waals surface area contributed by atoms with Gasteiger partial charge in [0.2, 0.25) is 0 Å². The molecule has 1 rings (SSSR count). The van der Waals surface area contributed by atoms with Crippen molar-refractivity contribution < 1.29 is 42.5 Å². The van der Waals surface area contributed by atoms with Crippen molar-refractivity contribution in [2.75, 3.05) is 0 Å². The molecule has 0 aliphatic rings. The molecule has 0 aliphatic heterocycles. The molecule has 0 aromatic carbocycles. The number of rotatable bonds is 8. The molecule has 1 heterocycles. The van der Waals surface area contributed by atoms with Crippen LogP contribution in [-0.2, 0) is 16.7 Å². The number of aromatic nitrogens is 1. The van der Waals surface area contributed by atoms with Crippen LogP contribution in [0.25, 0.3) is 0 Å². The van der Waals surface area contributed by atoms with Crippen LogP contribution in [0, 0.1) is 0 Å². The molecule has 1 aromatic rings. The van der Waals surface area contributed by atoms with Crippen LogP contribution >= 0.6 is 0 Å². The summed E-state index contributed by atoms with van der Waals surface area (Å²) >= 11 is 0. The Hall–Kier alpha value is 0.190. The van der Waals surface area contributed by atoms with Gasteiger partial charge in [-0.1, -0.05) is 39.0 Å². The Labute approximate surface area is 132 Å². The number of nitrogens with zero attached hydrogens (tertiary/aromatic N) is 1. The van der Waals surface area contributed by atoms with E-state index < -0.39 is 10.3 Å². The Bertz CT molecular complexity index is 428. The van der Waals surface area contributed by atoms with Crippen molar-refractivity contribution in [1.82, 2.24) is 3.97 Å². The molecular weight excluding hydrogens is 261 g/mol. The molecule has 0 radical (unpaired) electrons. The van der Waals surface area contributed by atoms with Gasteiger partial charge in [0, 0.05) is 11.9 Å². The minimum absolute atomic E-state index is 0. The topological polar surface area (TPSA) is 62.1 Å². The molecule has 0 fully saturated rings. The molecule has 0 saturated heterocycles. The van der Waals surface area contributed by atoms with Crippen LogP contribution in [0.4, 0.5) is 0 Å². The minimum Gasteiger partial charge on any atom is -0.731 e. The van der Waals surface area contributed by atoms with Gasteiger partial charge < -0.3 is 4.55 Å². The predicted octanol–water partition coefficient (Wildman–Crippen LogP) is -0.297. The van der Waals surface area contributed by atoms with E-state index in [4.69, 9.17) is 0 Å². The summed E-state index contributed by atoms with van der Waals surface area (Å²) < 4.78 is 33.5. The first-order chi connectivity index (χ1) is 8.05. The smallest absolute Gasteiger partial charge is 0.731 e. The predicted molar refractivity (Wildman–Crippen MR) is 66.6 cm³/mol. The largest absolute Gasteiger partial charge is 1.00 e. The maximum atomic E-state index is 10.9. The third kappa shape index (κ3) is 6.38. The van der Waals surface area contributed by atoms with Crippen molar-refractivity contribution in [3.63, 3.8) is 0 Å². The van der Waals surface area contributed by atoms with E-state index in [1.165, 1.54) is 31.9 Å². The van der Waals surface area contributed by atoms with E-state index in [1.54, 1.807) is 12.1 Å². The Balaban J connectivity index is 0.00000289. The van der Waals surface area contributed by atoms with Crippen LogP contribution in [0.1, 0.15) is 51.1 Å². The second kappa shape index (κ2) is 9.15. The maximum Gasteiger partial charge on any atom is 1.00 e. The summed E-state index contributed by atoms with van der Waals surface area (Å²) in [7, 11) is -4.37.